The van der Waals surface area contributed by atoms with Crippen LogP contribution in [0.5, 0.6) is 0 Å². The molecule has 0 amide bonds. The number of ether oxygens (including phenoxy) is 2. The molecule has 0 aromatic rings. The zero-order valence-corrected chi connectivity index (χ0v) is 9.52. The first-order chi connectivity index (χ1) is 7.58. The molecule has 0 rings (SSSR count). The fourth-order valence-corrected chi connectivity index (χ4v) is 1.06. The van der Waals surface area contributed by atoms with E-state index in [1.54, 1.807) is 13.8 Å². The van der Waals surface area contributed by atoms with Gasteiger partial charge in [-0.05, 0) is 20.3 Å². The highest BCUT2D eigenvalue weighted by atomic mass is 16.5. The molecule has 5 nitrogen and oxygen atoms in total. The van der Waals surface area contributed by atoms with E-state index in [1.165, 1.54) is 6.08 Å². The summed E-state index contributed by atoms with van der Waals surface area (Å²) < 4.78 is 9.22. The number of ketones is 1. The van der Waals surface area contributed by atoms with E-state index in [0.717, 1.165) is 0 Å². The van der Waals surface area contributed by atoms with Gasteiger partial charge in [-0.1, -0.05) is 6.08 Å². The van der Waals surface area contributed by atoms with Crippen LogP contribution in [0.4, 0.5) is 0 Å². The van der Waals surface area contributed by atoms with Gasteiger partial charge in [0, 0.05) is 0 Å². The molecule has 0 radical (unpaired) electrons. The number of carbonyl (C=O) groups is 3. The van der Waals surface area contributed by atoms with Crippen LogP contribution in [0.3, 0.4) is 0 Å². The minimum Gasteiger partial charge on any atom is -0.465 e. The molecular weight excluding hydrogens is 212 g/mol. The van der Waals surface area contributed by atoms with Gasteiger partial charge in [0.25, 0.3) is 5.78 Å². The fraction of sp³-hybridized carbons (Fsp3) is 0.545. The largest absolute Gasteiger partial charge is 0.465 e. The molecule has 0 aromatic carbocycles. The van der Waals surface area contributed by atoms with Crippen molar-refractivity contribution in [1.82, 2.24) is 0 Å². The van der Waals surface area contributed by atoms with Crippen LogP contribution in [0.2, 0.25) is 0 Å². The standard InChI is InChI=1S/C11H16O5/c1-4-7-8(10(13)15-5-2)9(12)11(14)16-6-3/h4,8H,1,5-7H2,2-3H3/t8-/m0/s1. The van der Waals surface area contributed by atoms with Crippen LogP contribution < -0.4 is 0 Å². The molecule has 0 bridgehead atoms. The maximum absolute atomic E-state index is 11.5. The first kappa shape index (κ1) is 14.3. The van der Waals surface area contributed by atoms with Crippen LogP contribution in [0.25, 0.3) is 0 Å². The van der Waals surface area contributed by atoms with Crippen LogP contribution >= 0.6 is 0 Å². The Morgan fingerprint density at radius 3 is 2.19 bits per heavy atom. The maximum Gasteiger partial charge on any atom is 0.375 e. The second kappa shape index (κ2) is 7.62. The lowest BCUT2D eigenvalue weighted by molar-refractivity contribution is -0.161. The van der Waals surface area contributed by atoms with Crippen molar-refractivity contribution in [3.05, 3.63) is 12.7 Å². The lowest BCUT2D eigenvalue weighted by Crippen LogP contribution is -2.32. The number of esters is 2. The van der Waals surface area contributed by atoms with Gasteiger partial charge >= 0.3 is 11.9 Å². The van der Waals surface area contributed by atoms with Gasteiger partial charge in [-0.3, -0.25) is 9.59 Å². The van der Waals surface area contributed by atoms with Crippen LogP contribution in [-0.2, 0) is 23.9 Å². The fourth-order valence-electron chi connectivity index (χ4n) is 1.06. The third-order valence-corrected chi connectivity index (χ3v) is 1.77. The molecule has 0 spiro atoms. The van der Waals surface area contributed by atoms with Gasteiger partial charge in [0.05, 0.1) is 13.2 Å². The molecule has 90 valence electrons. The van der Waals surface area contributed by atoms with E-state index in [9.17, 15) is 14.4 Å². The number of hydrogen-bond donors (Lipinski definition) is 0. The highest BCUT2D eigenvalue weighted by Crippen LogP contribution is 2.09. The molecule has 0 unspecified atom stereocenters. The molecule has 1 atom stereocenters. The number of hydrogen-bond acceptors (Lipinski definition) is 5. The Kier molecular flexibility index (Phi) is 6.83. The topological polar surface area (TPSA) is 69.7 Å². The lowest BCUT2D eigenvalue weighted by atomic mass is 10.0. The van der Waals surface area contributed by atoms with E-state index in [2.05, 4.69) is 11.3 Å². The van der Waals surface area contributed by atoms with E-state index in [1.807, 2.05) is 0 Å². The third-order valence-electron chi connectivity index (χ3n) is 1.77. The van der Waals surface area contributed by atoms with E-state index >= 15 is 0 Å². The zero-order chi connectivity index (χ0) is 12.6. The SMILES string of the molecule is C=CC[C@H](C(=O)OCC)C(=O)C(=O)OCC. The number of rotatable bonds is 7. The molecule has 5 heteroatoms. The lowest BCUT2D eigenvalue weighted by Gasteiger charge is -2.11. The highest BCUT2D eigenvalue weighted by Gasteiger charge is 2.32. The Labute approximate surface area is 94.4 Å². The van der Waals surface area contributed by atoms with Crippen LogP contribution in [0.15, 0.2) is 12.7 Å². The zero-order valence-electron chi connectivity index (χ0n) is 9.52. The predicted octanol–water partition coefficient (Wildman–Crippen LogP) is 0.874. The molecule has 0 saturated carbocycles. The third kappa shape index (κ3) is 4.25. The van der Waals surface area contributed by atoms with Gasteiger partial charge in [-0.25, -0.2) is 4.79 Å². The molecule has 0 saturated heterocycles. The molecule has 0 aliphatic rings. The monoisotopic (exact) mass is 228 g/mol. The van der Waals surface area contributed by atoms with Gasteiger partial charge in [0.2, 0.25) is 0 Å². The Morgan fingerprint density at radius 1 is 1.19 bits per heavy atom. The van der Waals surface area contributed by atoms with Gasteiger partial charge in [0.1, 0.15) is 5.92 Å². The highest BCUT2D eigenvalue weighted by molar-refractivity contribution is 6.37. The Hall–Kier alpha value is -1.65. The van der Waals surface area contributed by atoms with Crippen molar-refractivity contribution in [3.63, 3.8) is 0 Å². The summed E-state index contributed by atoms with van der Waals surface area (Å²) in [5.74, 6) is -3.76. The predicted molar refractivity (Wildman–Crippen MR) is 56.6 cm³/mol. The summed E-state index contributed by atoms with van der Waals surface area (Å²) in [4.78, 5) is 34.1. The van der Waals surface area contributed by atoms with Gasteiger partial charge in [-0.15, -0.1) is 6.58 Å². The van der Waals surface area contributed by atoms with Crippen LogP contribution in [0.1, 0.15) is 20.3 Å². The number of carbonyl (C=O) groups excluding carboxylic acids is 3. The Morgan fingerprint density at radius 2 is 1.75 bits per heavy atom. The first-order valence-corrected chi connectivity index (χ1v) is 5.06. The molecule has 0 aliphatic carbocycles. The average Bonchev–Trinajstić information content (AvgIpc) is 2.25. The summed E-state index contributed by atoms with van der Waals surface area (Å²) in [6.07, 6.45) is 1.45. The van der Waals surface area contributed by atoms with E-state index in [-0.39, 0.29) is 19.6 Å². The van der Waals surface area contributed by atoms with Crippen LogP contribution in [-0.4, -0.2) is 30.9 Å². The van der Waals surface area contributed by atoms with Crippen molar-refractivity contribution in [2.45, 2.75) is 20.3 Å². The molecule has 0 N–H and O–H groups in total. The quantitative estimate of drug-likeness (QED) is 0.280. The second-order valence-corrected chi connectivity index (χ2v) is 2.91. The van der Waals surface area contributed by atoms with Crippen molar-refractivity contribution in [2.24, 2.45) is 5.92 Å². The van der Waals surface area contributed by atoms with E-state index in [4.69, 9.17) is 4.74 Å². The average molecular weight is 228 g/mol. The van der Waals surface area contributed by atoms with E-state index < -0.39 is 23.6 Å². The van der Waals surface area contributed by atoms with Crippen molar-refractivity contribution in [3.8, 4) is 0 Å². The van der Waals surface area contributed by atoms with Crippen molar-refractivity contribution >= 4 is 17.7 Å². The minimum atomic E-state index is -1.14. The van der Waals surface area contributed by atoms with Gasteiger partial charge in [0.15, 0.2) is 0 Å². The molecule has 0 fully saturated rings. The van der Waals surface area contributed by atoms with Crippen molar-refractivity contribution < 1.29 is 23.9 Å². The minimum absolute atomic E-state index is 0.0660. The molecular formula is C11H16O5. The Bertz CT molecular complexity index is 282. The molecule has 0 aliphatic heterocycles. The van der Waals surface area contributed by atoms with Crippen molar-refractivity contribution in [1.29, 1.82) is 0 Å². The van der Waals surface area contributed by atoms with E-state index in [0.29, 0.717) is 0 Å². The summed E-state index contributed by atoms with van der Waals surface area (Å²) in [5.41, 5.74) is 0. The molecule has 16 heavy (non-hydrogen) atoms. The normalized spacial score (nSPS) is 11.4. The molecule has 0 heterocycles. The summed E-state index contributed by atoms with van der Waals surface area (Å²) in [7, 11) is 0. The van der Waals surface area contributed by atoms with Crippen LogP contribution in [0, 0.1) is 5.92 Å². The Balaban J connectivity index is 4.63. The van der Waals surface area contributed by atoms with Gasteiger partial charge < -0.3 is 9.47 Å². The second-order valence-electron chi connectivity index (χ2n) is 2.91. The van der Waals surface area contributed by atoms with Crippen molar-refractivity contribution in [2.75, 3.05) is 13.2 Å². The summed E-state index contributed by atoms with van der Waals surface area (Å²) >= 11 is 0. The summed E-state index contributed by atoms with van der Waals surface area (Å²) in [6.45, 7) is 6.87. The number of Topliss-reactive ketones (excluding diaryl/α,β-unsaturated/α-hetero) is 1. The summed E-state index contributed by atoms with van der Waals surface area (Å²) in [6, 6.07) is 0. The molecule has 0 aromatic heterocycles. The van der Waals surface area contributed by atoms with Gasteiger partial charge in [-0.2, -0.15) is 0 Å². The first-order valence-electron chi connectivity index (χ1n) is 5.06. The summed E-state index contributed by atoms with van der Waals surface area (Å²) in [5, 5.41) is 0. The smallest absolute Gasteiger partial charge is 0.375 e. The number of allylic oxidation sites excluding steroid dienone is 1. The maximum atomic E-state index is 11.5.